The number of halogens is 1. The van der Waals surface area contributed by atoms with Crippen LogP contribution >= 0.6 is 0 Å². The summed E-state index contributed by atoms with van der Waals surface area (Å²) in [4.78, 5) is 16.5. The molecule has 1 aromatic heterocycles. The third-order valence-corrected chi connectivity index (χ3v) is 3.97. The zero-order valence-corrected chi connectivity index (χ0v) is 14.1. The molecule has 3 rings (SSSR count). The maximum absolute atomic E-state index is 13.2. The lowest BCUT2D eigenvalue weighted by Gasteiger charge is -2.15. The van der Waals surface area contributed by atoms with Crippen LogP contribution in [0.5, 0.6) is 5.75 Å². The van der Waals surface area contributed by atoms with Crippen LogP contribution < -0.4 is 10.3 Å². The predicted molar refractivity (Wildman–Crippen MR) is 93.4 cm³/mol. The van der Waals surface area contributed by atoms with Gasteiger partial charge in [-0.3, -0.25) is 9.36 Å². The summed E-state index contributed by atoms with van der Waals surface area (Å²) >= 11 is 0. The SMILES string of the molecule is Cc1ccc(C)c(OCC(O)Cn2cnc3cc(F)ccc3c2=O)c1. The second kappa shape index (κ2) is 7.03. The number of aryl methyl sites for hydroxylation is 2. The van der Waals surface area contributed by atoms with Gasteiger partial charge in [-0.15, -0.1) is 0 Å². The van der Waals surface area contributed by atoms with E-state index in [4.69, 9.17) is 4.74 Å². The number of rotatable bonds is 5. The predicted octanol–water partition coefficient (Wildman–Crippen LogP) is 2.59. The molecule has 2 aromatic carbocycles. The van der Waals surface area contributed by atoms with Crippen LogP contribution in [0.25, 0.3) is 10.9 Å². The van der Waals surface area contributed by atoms with Gasteiger partial charge in [0.15, 0.2) is 0 Å². The highest BCUT2D eigenvalue weighted by Crippen LogP contribution is 2.19. The average Bonchev–Trinajstić information content (AvgIpc) is 2.58. The minimum atomic E-state index is -0.877. The number of hydrogen-bond donors (Lipinski definition) is 1. The van der Waals surface area contributed by atoms with E-state index in [9.17, 15) is 14.3 Å². The van der Waals surface area contributed by atoms with Crippen LogP contribution in [0.1, 0.15) is 11.1 Å². The molecule has 0 fully saturated rings. The van der Waals surface area contributed by atoms with E-state index in [0.717, 1.165) is 11.1 Å². The second-order valence-electron chi connectivity index (χ2n) is 6.10. The molecule has 0 aliphatic rings. The highest BCUT2D eigenvalue weighted by atomic mass is 19.1. The average molecular weight is 342 g/mol. The molecule has 130 valence electrons. The van der Waals surface area contributed by atoms with Crippen molar-refractivity contribution < 1.29 is 14.2 Å². The molecule has 1 N–H and O–H groups in total. The zero-order chi connectivity index (χ0) is 18.0. The maximum atomic E-state index is 13.2. The Morgan fingerprint density at radius 1 is 1.24 bits per heavy atom. The van der Waals surface area contributed by atoms with Gasteiger partial charge in [0, 0.05) is 6.07 Å². The van der Waals surface area contributed by atoms with Crippen LogP contribution in [0.3, 0.4) is 0 Å². The summed E-state index contributed by atoms with van der Waals surface area (Å²) < 4.78 is 20.2. The van der Waals surface area contributed by atoms with Crippen molar-refractivity contribution in [1.82, 2.24) is 9.55 Å². The fourth-order valence-electron chi connectivity index (χ4n) is 2.59. The standard InChI is InChI=1S/C19H19FN2O3/c1-12-3-4-13(2)18(7-12)25-10-15(23)9-22-11-21-17-8-14(20)5-6-16(17)19(22)24/h3-8,11,15,23H,9-10H2,1-2H3. The molecule has 1 heterocycles. The van der Waals surface area contributed by atoms with E-state index in [2.05, 4.69) is 4.98 Å². The first-order valence-corrected chi connectivity index (χ1v) is 7.97. The molecule has 0 saturated heterocycles. The van der Waals surface area contributed by atoms with Gasteiger partial charge in [0.25, 0.3) is 5.56 Å². The van der Waals surface area contributed by atoms with Gasteiger partial charge in [-0.25, -0.2) is 9.37 Å². The Morgan fingerprint density at radius 3 is 2.84 bits per heavy atom. The summed E-state index contributed by atoms with van der Waals surface area (Å²) in [7, 11) is 0. The Bertz CT molecular complexity index is 969. The number of aromatic nitrogens is 2. The van der Waals surface area contributed by atoms with Crippen LogP contribution in [-0.4, -0.2) is 27.4 Å². The highest BCUT2D eigenvalue weighted by molar-refractivity contribution is 5.77. The van der Waals surface area contributed by atoms with Crippen LogP contribution in [0.15, 0.2) is 47.5 Å². The Labute approximate surface area is 144 Å². The zero-order valence-electron chi connectivity index (χ0n) is 14.1. The van der Waals surface area contributed by atoms with Gasteiger partial charge in [0.2, 0.25) is 0 Å². The van der Waals surface area contributed by atoms with Gasteiger partial charge >= 0.3 is 0 Å². The summed E-state index contributed by atoms with van der Waals surface area (Å²) in [5.41, 5.74) is 2.01. The number of aliphatic hydroxyl groups excluding tert-OH is 1. The highest BCUT2D eigenvalue weighted by Gasteiger charge is 2.11. The molecule has 0 amide bonds. The van der Waals surface area contributed by atoms with Crippen molar-refractivity contribution in [3.05, 3.63) is 70.0 Å². The quantitative estimate of drug-likeness (QED) is 0.774. The van der Waals surface area contributed by atoms with Crippen LogP contribution in [0.2, 0.25) is 0 Å². The fraction of sp³-hybridized carbons (Fsp3) is 0.263. The van der Waals surface area contributed by atoms with Crippen LogP contribution in [-0.2, 0) is 6.54 Å². The molecule has 1 unspecified atom stereocenters. The molecule has 0 bridgehead atoms. The molecule has 25 heavy (non-hydrogen) atoms. The largest absolute Gasteiger partial charge is 0.491 e. The van der Waals surface area contributed by atoms with Gasteiger partial charge in [0.05, 0.1) is 23.8 Å². The van der Waals surface area contributed by atoms with Crippen molar-refractivity contribution in [2.24, 2.45) is 0 Å². The Hall–Kier alpha value is -2.73. The Morgan fingerprint density at radius 2 is 2.04 bits per heavy atom. The first kappa shape index (κ1) is 17.1. The summed E-state index contributed by atoms with van der Waals surface area (Å²) in [6.07, 6.45) is 0.433. The first-order chi connectivity index (χ1) is 11.9. The Balaban J connectivity index is 1.72. The van der Waals surface area contributed by atoms with E-state index in [-0.39, 0.29) is 18.7 Å². The van der Waals surface area contributed by atoms with Crippen molar-refractivity contribution in [2.75, 3.05) is 6.61 Å². The summed E-state index contributed by atoms with van der Waals surface area (Å²) in [6.45, 7) is 3.99. The van der Waals surface area contributed by atoms with Crippen molar-refractivity contribution in [3.63, 3.8) is 0 Å². The van der Waals surface area contributed by atoms with E-state index in [1.165, 1.54) is 29.1 Å². The van der Waals surface area contributed by atoms with Crippen molar-refractivity contribution in [1.29, 1.82) is 0 Å². The van der Waals surface area contributed by atoms with E-state index < -0.39 is 11.9 Å². The lowest BCUT2D eigenvalue weighted by Crippen LogP contribution is -2.30. The molecule has 0 aliphatic carbocycles. The third kappa shape index (κ3) is 3.85. The lowest BCUT2D eigenvalue weighted by atomic mass is 10.1. The maximum Gasteiger partial charge on any atom is 0.261 e. The molecular weight excluding hydrogens is 323 g/mol. The molecule has 1 atom stereocenters. The van der Waals surface area contributed by atoms with Crippen LogP contribution in [0, 0.1) is 19.7 Å². The number of benzene rings is 2. The number of fused-ring (bicyclic) bond motifs is 1. The third-order valence-electron chi connectivity index (χ3n) is 3.97. The van der Waals surface area contributed by atoms with Gasteiger partial charge in [-0.2, -0.15) is 0 Å². The van der Waals surface area contributed by atoms with Gasteiger partial charge < -0.3 is 9.84 Å². The minimum absolute atomic E-state index is 0.0456. The monoisotopic (exact) mass is 342 g/mol. The summed E-state index contributed by atoms with van der Waals surface area (Å²) in [5, 5.41) is 10.5. The lowest BCUT2D eigenvalue weighted by molar-refractivity contribution is 0.0911. The smallest absolute Gasteiger partial charge is 0.261 e. The number of ether oxygens (including phenoxy) is 1. The van der Waals surface area contributed by atoms with Crippen molar-refractivity contribution >= 4 is 10.9 Å². The molecule has 0 radical (unpaired) electrons. The normalized spacial score (nSPS) is 12.3. The molecule has 3 aromatic rings. The van der Waals surface area contributed by atoms with Crippen molar-refractivity contribution in [3.8, 4) is 5.75 Å². The molecule has 0 spiro atoms. The van der Waals surface area contributed by atoms with E-state index in [0.29, 0.717) is 16.7 Å². The van der Waals surface area contributed by atoms with Gasteiger partial charge in [0.1, 0.15) is 24.3 Å². The summed E-state index contributed by atoms with van der Waals surface area (Å²) in [5.74, 6) is 0.262. The van der Waals surface area contributed by atoms with E-state index in [1.54, 1.807) is 0 Å². The van der Waals surface area contributed by atoms with Crippen LogP contribution in [0.4, 0.5) is 4.39 Å². The molecular formula is C19H19FN2O3. The van der Waals surface area contributed by atoms with Crippen molar-refractivity contribution in [2.45, 2.75) is 26.5 Å². The fourth-order valence-corrected chi connectivity index (χ4v) is 2.59. The second-order valence-corrected chi connectivity index (χ2v) is 6.10. The number of hydrogen-bond acceptors (Lipinski definition) is 4. The number of aliphatic hydroxyl groups is 1. The molecule has 0 saturated carbocycles. The molecule has 6 heteroatoms. The van der Waals surface area contributed by atoms with Gasteiger partial charge in [-0.1, -0.05) is 12.1 Å². The Kier molecular flexibility index (Phi) is 4.81. The molecule has 5 nitrogen and oxygen atoms in total. The molecule has 0 aliphatic heterocycles. The summed E-state index contributed by atoms with van der Waals surface area (Å²) in [6, 6.07) is 9.67. The van der Waals surface area contributed by atoms with E-state index in [1.807, 2.05) is 32.0 Å². The number of nitrogens with zero attached hydrogens (tertiary/aromatic N) is 2. The van der Waals surface area contributed by atoms with E-state index >= 15 is 0 Å². The topological polar surface area (TPSA) is 64.3 Å². The van der Waals surface area contributed by atoms with Gasteiger partial charge in [-0.05, 0) is 43.2 Å². The first-order valence-electron chi connectivity index (χ1n) is 7.97. The minimum Gasteiger partial charge on any atom is -0.491 e.